The standard InChI is InChI=1S/C13H24N2O2Si/c1-11-6-7-12(10-13(11)14)15-8-5-9-18(4,16-2)17-3/h6-7,10,15H,5,8-9,14H2,1-4H3. The monoisotopic (exact) mass is 268 g/mol. The van der Waals surface area contributed by atoms with Gasteiger partial charge in [0.05, 0.1) is 0 Å². The molecule has 0 aromatic heterocycles. The fraction of sp³-hybridized carbons (Fsp3) is 0.538. The Kier molecular flexibility index (Phi) is 5.65. The van der Waals surface area contributed by atoms with E-state index in [4.69, 9.17) is 14.6 Å². The number of benzene rings is 1. The highest BCUT2D eigenvalue weighted by Gasteiger charge is 2.27. The average Bonchev–Trinajstić information content (AvgIpc) is 2.38. The molecule has 0 aliphatic rings. The largest absolute Gasteiger partial charge is 0.398 e. The van der Waals surface area contributed by atoms with Crippen molar-refractivity contribution in [2.75, 3.05) is 31.8 Å². The molecule has 1 rings (SSSR count). The van der Waals surface area contributed by atoms with E-state index in [0.29, 0.717) is 0 Å². The fourth-order valence-electron chi connectivity index (χ4n) is 1.68. The summed E-state index contributed by atoms with van der Waals surface area (Å²) in [5.74, 6) is 0. The second-order valence-electron chi connectivity index (χ2n) is 4.64. The molecule has 0 fully saturated rings. The highest BCUT2D eigenvalue weighted by atomic mass is 28.4. The summed E-state index contributed by atoms with van der Waals surface area (Å²) in [4.78, 5) is 0. The molecule has 0 heterocycles. The quantitative estimate of drug-likeness (QED) is 0.453. The number of rotatable bonds is 7. The van der Waals surface area contributed by atoms with Gasteiger partial charge in [-0.15, -0.1) is 0 Å². The van der Waals surface area contributed by atoms with E-state index < -0.39 is 8.56 Å². The molecule has 0 saturated carbocycles. The van der Waals surface area contributed by atoms with Crippen molar-refractivity contribution in [1.82, 2.24) is 0 Å². The van der Waals surface area contributed by atoms with Crippen LogP contribution in [0.4, 0.5) is 11.4 Å². The van der Waals surface area contributed by atoms with Crippen molar-refractivity contribution in [2.45, 2.75) is 25.9 Å². The first kappa shape index (κ1) is 15.0. The third kappa shape index (κ3) is 4.32. The van der Waals surface area contributed by atoms with Gasteiger partial charge in [-0.2, -0.15) is 0 Å². The lowest BCUT2D eigenvalue weighted by Crippen LogP contribution is -2.36. The molecule has 102 valence electrons. The molecule has 3 N–H and O–H groups in total. The van der Waals surface area contributed by atoms with Crippen molar-refractivity contribution in [3.05, 3.63) is 23.8 Å². The van der Waals surface area contributed by atoms with Crippen LogP contribution < -0.4 is 11.1 Å². The maximum absolute atomic E-state index is 5.86. The Morgan fingerprint density at radius 2 is 1.94 bits per heavy atom. The zero-order valence-corrected chi connectivity index (χ0v) is 12.7. The maximum atomic E-state index is 5.86. The van der Waals surface area contributed by atoms with Gasteiger partial charge in [0, 0.05) is 32.1 Å². The highest BCUT2D eigenvalue weighted by Crippen LogP contribution is 2.18. The third-order valence-electron chi connectivity index (χ3n) is 3.28. The van der Waals surface area contributed by atoms with E-state index in [1.54, 1.807) is 14.2 Å². The number of nitrogen functional groups attached to an aromatic ring is 1. The van der Waals surface area contributed by atoms with Crippen LogP contribution in [0.2, 0.25) is 12.6 Å². The van der Waals surface area contributed by atoms with Crippen LogP contribution in [0.3, 0.4) is 0 Å². The van der Waals surface area contributed by atoms with Crippen LogP contribution in [0.5, 0.6) is 0 Å². The van der Waals surface area contributed by atoms with Crippen molar-refractivity contribution in [2.24, 2.45) is 0 Å². The molecule has 0 amide bonds. The van der Waals surface area contributed by atoms with Crippen LogP contribution in [-0.2, 0) is 8.85 Å². The molecule has 0 saturated heterocycles. The van der Waals surface area contributed by atoms with Crippen molar-refractivity contribution < 1.29 is 8.85 Å². The first-order valence-electron chi connectivity index (χ1n) is 6.21. The first-order chi connectivity index (χ1) is 8.50. The Balaban J connectivity index is 2.36. The van der Waals surface area contributed by atoms with Gasteiger partial charge in [-0.25, -0.2) is 0 Å². The van der Waals surface area contributed by atoms with Crippen molar-refractivity contribution >= 4 is 19.9 Å². The maximum Gasteiger partial charge on any atom is 0.334 e. The van der Waals surface area contributed by atoms with Crippen LogP contribution >= 0.6 is 0 Å². The molecule has 0 bridgehead atoms. The van der Waals surface area contributed by atoms with Crippen molar-refractivity contribution in [1.29, 1.82) is 0 Å². The van der Waals surface area contributed by atoms with Crippen molar-refractivity contribution in [3.8, 4) is 0 Å². The fourth-order valence-corrected chi connectivity index (χ4v) is 3.07. The molecule has 4 nitrogen and oxygen atoms in total. The predicted molar refractivity (Wildman–Crippen MR) is 79.1 cm³/mol. The summed E-state index contributed by atoms with van der Waals surface area (Å²) in [6, 6.07) is 7.03. The van der Waals surface area contributed by atoms with Gasteiger partial charge in [0.1, 0.15) is 0 Å². The lowest BCUT2D eigenvalue weighted by atomic mass is 10.2. The topological polar surface area (TPSA) is 56.5 Å². The summed E-state index contributed by atoms with van der Waals surface area (Å²) >= 11 is 0. The minimum Gasteiger partial charge on any atom is -0.398 e. The molecule has 0 unspecified atom stereocenters. The Labute approximate surface area is 111 Å². The molecule has 1 aromatic carbocycles. The normalized spacial score (nSPS) is 11.6. The van der Waals surface area contributed by atoms with Gasteiger partial charge in [-0.3, -0.25) is 0 Å². The number of aryl methyl sites for hydroxylation is 1. The van der Waals surface area contributed by atoms with Gasteiger partial charge in [-0.1, -0.05) is 6.07 Å². The van der Waals surface area contributed by atoms with Gasteiger partial charge in [0.15, 0.2) is 0 Å². The smallest absolute Gasteiger partial charge is 0.334 e. The molecule has 0 spiro atoms. The van der Waals surface area contributed by atoms with Crippen LogP contribution in [0.25, 0.3) is 0 Å². The molecule has 1 aromatic rings. The summed E-state index contributed by atoms with van der Waals surface area (Å²) < 4.78 is 10.9. The van der Waals surface area contributed by atoms with Gasteiger partial charge in [-0.05, 0) is 43.6 Å². The number of hydrogen-bond acceptors (Lipinski definition) is 4. The van der Waals surface area contributed by atoms with Crippen molar-refractivity contribution in [3.63, 3.8) is 0 Å². The number of nitrogens with two attached hydrogens (primary N) is 1. The highest BCUT2D eigenvalue weighted by molar-refractivity contribution is 6.65. The van der Waals surface area contributed by atoms with Crippen LogP contribution in [0.1, 0.15) is 12.0 Å². The molecular formula is C13H24N2O2Si. The molecule has 0 aliphatic carbocycles. The zero-order valence-electron chi connectivity index (χ0n) is 11.7. The Morgan fingerprint density at radius 3 is 2.50 bits per heavy atom. The second kappa shape index (κ2) is 6.77. The zero-order chi connectivity index (χ0) is 13.6. The summed E-state index contributed by atoms with van der Waals surface area (Å²) in [7, 11) is 1.53. The molecule has 0 radical (unpaired) electrons. The van der Waals surface area contributed by atoms with E-state index in [1.807, 2.05) is 19.1 Å². The van der Waals surface area contributed by atoms with E-state index in [0.717, 1.165) is 35.9 Å². The SMILES string of the molecule is CO[Si](C)(CCCNc1ccc(C)c(N)c1)OC. The summed E-state index contributed by atoms with van der Waals surface area (Å²) in [6.07, 6.45) is 1.03. The van der Waals surface area contributed by atoms with Gasteiger partial charge < -0.3 is 19.9 Å². The van der Waals surface area contributed by atoms with E-state index >= 15 is 0 Å². The molecular weight excluding hydrogens is 244 g/mol. The van der Waals surface area contributed by atoms with E-state index in [1.165, 1.54) is 0 Å². The summed E-state index contributed by atoms with van der Waals surface area (Å²) in [6.45, 7) is 4.99. The molecule has 18 heavy (non-hydrogen) atoms. The van der Waals surface area contributed by atoms with Crippen LogP contribution in [0.15, 0.2) is 18.2 Å². The van der Waals surface area contributed by atoms with Gasteiger partial charge in [0.2, 0.25) is 0 Å². The minimum absolute atomic E-state index is 0.827. The second-order valence-corrected chi connectivity index (χ2v) is 8.23. The lowest BCUT2D eigenvalue weighted by molar-refractivity contribution is 0.249. The Bertz CT molecular complexity index is 381. The molecule has 0 aliphatic heterocycles. The number of anilines is 2. The average molecular weight is 268 g/mol. The molecule has 5 heteroatoms. The Hall–Kier alpha value is -1.04. The minimum atomic E-state index is -1.92. The van der Waals surface area contributed by atoms with E-state index in [2.05, 4.69) is 17.9 Å². The third-order valence-corrected chi connectivity index (χ3v) is 6.27. The summed E-state index contributed by atoms with van der Waals surface area (Å²) in [5.41, 5.74) is 8.87. The lowest BCUT2D eigenvalue weighted by Gasteiger charge is -2.22. The van der Waals surface area contributed by atoms with E-state index in [9.17, 15) is 0 Å². The van der Waals surface area contributed by atoms with Crippen LogP contribution in [0, 0.1) is 6.92 Å². The summed E-state index contributed by atoms with van der Waals surface area (Å²) in [5, 5.41) is 3.36. The molecule has 0 atom stereocenters. The number of nitrogens with one attached hydrogen (secondary N) is 1. The predicted octanol–water partition coefficient (Wildman–Crippen LogP) is 2.74. The Morgan fingerprint density at radius 1 is 1.28 bits per heavy atom. The van der Waals surface area contributed by atoms with E-state index in [-0.39, 0.29) is 0 Å². The van der Waals surface area contributed by atoms with Gasteiger partial charge >= 0.3 is 8.56 Å². The van der Waals surface area contributed by atoms with Crippen LogP contribution in [-0.4, -0.2) is 29.3 Å². The van der Waals surface area contributed by atoms with Gasteiger partial charge in [0.25, 0.3) is 0 Å². The first-order valence-corrected chi connectivity index (χ1v) is 8.73. The number of hydrogen-bond donors (Lipinski definition) is 2.